The molecule has 2 aliphatic rings. The minimum atomic E-state index is -1.09. The Morgan fingerprint density at radius 1 is 0.977 bits per heavy atom. The number of amides is 1. The van der Waals surface area contributed by atoms with Crippen LogP contribution in [-0.2, 0) is 16.0 Å². The van der Waals surface area contributed by atoms with Crippen molar-refractivity contribution in [3.05, 3.63) is 114 Å². The maximum absolute atomic E-state index is 14.0. The maximum Gasteiger partial charge on any atom is 0.259 e. The van der Waals surface area contributed by atoms with E-state index in [1.165, 1.54) is 0 Å². The van der Waals surface area contributed by atoms with Crippen molar-refractivity contribution in [2.45, 2.75) is 25.6 Å². The first-order chi connectivity index (χ1) is 21.1. The van der Waals surface area contributed by atoms with Gasteiger partial charge < -0.3 is 15.0 Å². The minimum Gasteiger partial charge on any atom is -0.377 e. The van der Waals surface area contributed by atoms with E-state index in [4.69, 9.17) is 14.7 Å². The highest BCUT2D eigenvalue weighted by atomic mass is 16.5. The predicted molar refractivity (Wildman–Crippen MR) is 162 cm³/mol. The van der Waals surface area contributed by atoms with E-state index < -0.39 is 12.1 Å². The van der Waals surface area contributed by atoms with Gasteiger partial charge in [-0.05, 0) is 30.7 Å². The average molecular weight is 572 g/mol. The first-order valence-electron chi connectivity index (χ1n) is 14.3. The smallest absolute Gasteiger partial charge is 0.259 e. The third-order valence-electron chi connectivity index (χ3n) is 7.82. The van der Waals surface area contributed by atoms with Gasteiger partial charge in [0.25, 0.3) is 5.91 Å². The van der Waals surface area contributed by atoms with Crippen molar-refractivity contribution in [2.75, 3.05) is 24.7 Å². The predicted octanol–water partition coefficient (Wildman–Crippen LogP) is 3.74. The summed E-state index contributed by atoms with van der Waals surface area (Å²) < 4.78 is 7.12. The van der Waals surface area contributed by atoms with E-state index in [2.05, 4.69) is 27.2 Å². The number of aliphatic imine (C=N–C) groups is 1. The molecule has 0 bridgehead atoms. The lowest BCUT2D eigenvalue weighted by molar-refractivity contribution is -0.120. The van der Waals surface area contributed by atoms with E-state index >= 15 is 0 Å². The van der Waals surface area contributed by atoms with E-state index in [-0.39, 0.29) is 23.8 Å². The fraction of sp³-hybridized carbons (Fsp3) is 0.212. The summed E-state index contributed by atoms with van der Waals surface area (Å²) in [5.74, 6) is 0.136. The largest absolute Gasteiger partial charge is 0.377 e. The fourth-order valence-corrected chi connectivity index (χ4v) is 5.66. The normalized spacial score (nSPS) is 18.6. The molecule has 5 heterocycles. The van der Waals surface area contributed by atoms with Crippen molar-refractivity contribution in [1.29, 1.82) is 0 Å². The Morgan fingerprint density at radius 3 is 2.63 bits per heavy atom. The van der Waals surface area contributed by atoms with Crippen LogP contribution in [0.4, 0.5) is 5.82 Å². The number of ether oxygens (including phenoxy) is 1. The van der Waals surface area contributed by atoms with Gasteiger partial charge in [0.15, 0.2) is 17.6 Å². The number of Topliss-reactive ketones (excluding diaryl/α,β-unsaturated/α-hetero) is 1. The Kier molecular flexibility index (Phi) is 6.96. The number of ketones is 1. The summed E-state index contributed by atoms with van der Waals surface area (Å²) in [4.78, 5) is 43.7. The lowest BCUT2D eigenvalue weighted by atomic mass is 9.96. The highest BCUT2D eigenvalue weighted by Crippen LogP contribution is 2.28. The summed E-state index contributed by atoms with van der Waals surface area (Å²) >= 11 is 0. The van der Waals surface area contributed by atoms with Gasteiger partial charge in [0.05, 0.1) is 25.0 Å². The maximum atomic E-state index is 14.0. The Hall–Kier alpha value is -5.22. The first kappa shape index (κ1) is 26.7. The molecule has 0 radical (unpaired) electrons. The van der Waals surface area contributed by atoms with E-state index in [1.54, 1.807) is 29.2 Å². The number of hydrogen-bond donors (Lipinski definition) is 1. The molecule has 1 fully saturated rings. The Morgan fingerprint density at radius 2 is 1.81 bits per heavy atom. The van der Waals surface area contributed by atoms with Crippen LogP contribution in [0.25, 0.3) is 16.9 Å². The molecule has 214 valence electrons. The molecular weight excluding hydrogens is 542 g/mol. The molecule has 1 saturated heterocycles. The third kappa shape index (κ3) is 5.06. The van der Waals surface area contributed by atoms with Gasteiger partial charge in [-0.1, -0.05) is 54.6 Å². The van der Waals surface area contributed by atoms with Crippen LogP contribution in [0.2, 0.25) is 0 Å². The molecule has 10 heteroatoms. The summed E-state index contributed by atoms with van der Waals surface area (Å²) in [5, 5.41) is 7.59. The fourth-order valence-electron chi connectivity index (χ4n) is 5.66. The number of rotatable bonds is 5. The third-order valence-corrected chi connectivity index (χ3v) is 7.82. The van der Waals surface area contributed by atoms with Crippen LogP contribution in [0.15, 0.2) is 96.4 Å². The summed E-state index contributed by atoms with van der Waals surface area (Å²) in [6, 6.07) is 23.2. The number of carbonyl (C=O) groups excluding carboxylic acids is 2. The van der Waals surface area contributed by atoms with Crippen LogP contribution in [0.5, 0.6) is 0 Å². The van der Waals surface area contributed by atoms with Crippen molar-refractivity contribution >= 4 is 28.9 Å². The molecule has 0 saturated carbocycles. The van der Waals surface area contributed by atoms with Gasteiger partial charge in [0.2, 0.25) is 0 Å². The Balaban J connectivity index is 1.25. The number of morpholine rings is 1. The Labute approximate surface area is 248 Å². The number of carbonyl (C=O) groups is 2. The lowest BCUT2D eigenvalue weighted by Crippen LogP contribution is -2.44. The first-order valence-corrected chi connectivity index (χ1v) is 14.3. The van der Waals surface area contributed by atoms with E-state index in [0.717, 1.165) is 29.1 Å². The summed E-state index contributed by atoms with van der Waals surface area (Å²) in [6.07, 6.45) is 4.11. The molecule has 2 aromatic carbocycles. The number of fused-ring (bicyclic) bond motifs is 2. The number of hydrogen-bond acceptors (Lipinski definition) is 8. The standard InChI is InChI=1S/C33H29N7O3/c1-21-20-43-17-16-39(21)27-13-12-24(19-35-27)30-28(32-34-14-7-15-40(32)38-30)33(42)37-31-26(41)18-23-10-5-6-11-25(23)29(36-31)22-8-3-2-4-9-22/h2-15,19,21,31H,16-18,20H2,1H3,(H,37,42)/t21-,31+/m0/s1. The molecule has 10 nitrogen and oxygen atoms in total. The van der Waals surface area contributed by atoms with Crippen LogP contribution in [-0.4, -0.2) is 69.0 Å². The summed E-state index contributed by atoms with van der Waals surface area (Å²) in [5.41, 5.74) is 4.96. The number of nitrogens with one attached hydrogen (secondary N) is 1. The van der Waals surface area contributed by atoms with E-state index in [0.29, 0.717) is 35.8 Å². The van der Waals surface area contributed by atoms with Gasteiger partial charge in [-0.3, -0.25) is 14.6 Å². The molecule has 43 heavy (non-hydrogen) atoms. The molecule has 2 atom stereocenters. The summed E-state index contributed by atoms with van der Waals surface area (Å²) in [6.45, 7) is 4.15. The van der Waals surface area contributed by atoms with Gasteiger partial charge in [0, 0.05) is 48.2 Å². The highest BCUT2D eigenvalue weighted by Gasteiger charge is 2.30. The van der Waals surface area contributed by atoms with Crippen LogP contribution in [0.3, 0.4) is 0 Å². The second-order valence-electron chi connectivity index (χ2n) is 10.7. The topological polar surface area (TPSA) is 114 Å². The number of aromatic nitrogens is 4. The molecule has 5 aromatic rings. The molecular formula is C33H29N7O3. The zero-order valence-corrected chi connectivity index (χ0v) is 23.6. The zero-order valence-electron chi connectivity index (χ0n) is 23.6. The number of nitrogens with zero attached hydrogens (tertiary/aromatic N) is 6. The highest BCUT2D eigenvalue weighted by molar-refractivity contribution is 6.16. The minimum absolute atomic E-state index is 0.145. The SMILES string of the molecule is C[C@H]1COCCN1c1ccc(-c2nn3cccnc3c2C(=O)N[C@H]2N=C(c3ccccc3)c3ccccc3CC2=O)cn1. The van der Waals surface area contributed by atoms with Crippen LogP contribution < -0.4 is 10.2 Å². The molecule has 7 rings (SSSR count). The van der Waals surface area contributed by atoms with Gasteiger partial charge in [-0.25, -0.2) is 14.5 Å². The van der Waals surface area contributed by atoms with Gasteiger partial charge in [-0.15, -0.1) is 0 Å². The second kappa shape index (κ2) is 11.2. The molecule has 0 unspecified atom stereocenters. The molecule has 1 amide bonds. The van der Waals surface area contributed by atoms with Gasteiger partial charge in [-0.2, -0.15) is 5.10 Å². The zero-order chi connectivity index (χ0) is 29.3. The van der Waals surface area contributed by atoms with E-state index in [9.17, 15) is 9.59 Å². The van der Waals surface area contributed by atoms with Crippen molar-refractivity contribution in [3.8, 4) is 11.3 Å². The van der Waals surface area contributed by atoms with Crippen LogP contribution in [0, 0.1) is 0 Å². The molecule has 1 N–H and O–H groups in total. The average Bonchev–Trinajstić information content (AvgIpc) is 3.37. The lowest BCUT2D eigenvalue weighted by Gasteiger charge is -2.34. The number of anilines is 1. The monoisotopic (exact) mass is 571 g/mol. The Bertz CT molecular complexity index is 1850. The van der Waals surface area contributed by atoms with Crippen molar-refractivity contribution < 1.29 is 14.3 Å². The van der Waals surface area contributed by atoms with Crippen LogP contribution in [0.1, 0.15) is 34.0 Å². The van der Waals surface area contributed by atoms with Crippen molar-refractivity contribution in [2.24, 2.45) is 4.99 Å². The second-order valence-corrected chi connectivity index (χ2v) is 10.7. The molecule has 2 aliphatic heterocycles. The van der Waals surface area contributed by atoms with Crippen LogP contribution >= 0.6 is 0 Å². The van der Waals surface area contributed by atoms with Gasteiger partial charge in [0.1, 0.15) is 17.1 Å². The number of benzene rings is 2. The van der Waals surface area contributed by atoms with Gasteiger partial charge >= 0.3 is 0 Å². The van der Waals surface area contributed by atoms with E-state index in [1.807, 2.05) is 66.7 Å². The summed E-state index contributed by atoms with van der Waals surface area (Å²) in [7, 11) is 0. The molecule has 0 aliphatic carbocycles. The van der Waals surface area contributed by atoms with Crippen molar-refractivity contribution in [3.63, 3.8) is 0 Å². The quantitative estimate of drug-likeness (QED) is 0.342. The molecule has 3 aromatic heterocycles. The number of pyridine rings is 1. The molecule has 0 spiro atoms. The van der Waals surface area contributed by atoms with Crippen molar-refractivity contribution in [1.82, 2.24) is 24.9 Å².